The van der Waals surface area contributed by atoms with Crippen molar-refractivity contribution in [3.63, 3.8) is 0 Å². The van der Waals surface area contributed by atoms with Gasteiger partial charge in [-0.3, -0.25) is 4.79 Å². The van der Waals surface area contributed by atoms with Crippen LogP contribution in [0.5, 0.6) is 0 Å². The number of hydrogen-bond acceptors (Lipinski definition) is 2. The zero-order chi connectivity index (χ0) is 13.1. The summed E-state index contributed by atoms with van der Waals surface area (Å²) in [6.45, 7) is 8.70. The first kappa shape index (κ1) is 12.9. The second-order valence-corrected chi connectivity index (χ2v) is 5.32. The molecule has 1 aromatic rings. The Bertz CT molecular complexity index is 402. The van der Waals surface area contributed by atoms with Crippen molar-refractivity contribution in [2.45, 2.75) is 26.8 Å². The zero-order valence-electron chi connectivity index (χ0n) is 11.5. The van der Waals surface area contributed by atoms with Gasteiger partial charge in [0.1, 0.15) is 0 Å². The van der Waals surface area contributed by atoms with Crippen LogP contribution in [0.25, 0.3) is 0 Å². The molecule has 1 aromatic carbocycles. The molecular formula is C15H22N2O. The highest BCUT2D eigenvalue weighted by Gasteiger charge is 2.27. The largest absolute Gasteiger partial charge is 0.365 e. The summed E-state index contributed by atoms with van der Waals surface area (Å²) >= 11 is 0. The van der Waals surface area contributed by atoms with E-state index in [9.17, 15) is 4.79 Å². The van der Waals surface area contributed by atoms with Crippen molar-refractivity contribution >= 4 is 11.6 Å². The average molecular weight is 246 g/mol. The molecule has 0 spiro atoms. The smallest absolute Gasteiger partial charge is 0.225 e. The van der Waals surface area contributed by atoms with E-state index in [0.717, 1.165) is 19.6 Å². The van der Waals surface area contributed by atoms with E-state index in [1.165, 1.54) is 5.69 Å². The molecule has 3 nitrogen and oxygen atoms in total. The SMILES string of the molecule is CC(C)C(=O)N1CCN(c2ccccc2)C(C)C1. The minimum absolute atomic E-state index is 0.0977. The molecule has 0 bridgehead atoms. The third kappa shape index (κ3) is 2.66. The maximum absolute atomic E-state index is 12.0. The van der Waals surface area contributed by atoms with Gasteiger partial charge in [-0.25, -0.2) is 0 Å². The van der Waals surface area contributed by atoms with E-state index in [4.69, 9.17) is 0 Å². The van der Waals surface area contributed by atoms with Crippen LogP contribution in [0, 0.1) is 5.92 Å². The summed E-state index contributed by atoms with van der Waals surface area (Å²) in [6.07, 6.45) is 0. The van der Waals surface area contributed by atoms with E-state index in [2.05, 4.69) is 36.1 Å². The van der Waals surface area contributed by atoms with Crippen LogP contribution in [-0.4, -0.2) is 36.5 Å². The zero-order valence-corrected chi connectivity index (χ0v) is 11.5. The van der Waals surface area contributed by atoms with Gasteiger partial charge in [-0.15, -0.1) is 0 Å². The summed E-state index contributed by atoms with van der Waals surface area (Å²) in [6, 6.07) is 10.8. The Labute approximate surface area is 109 Å². The fraction of sp³-hybridized carbons (Fsp3) is 0.533. The third-order valence-electron chi connectivity index (χ3n) is 3.52. The Hall–Kier alpha value is -1.51. The lowest BCUT2D eigenvalue weighted by Gasteiger charge is -2.41. The van der Waals surface area contributed by atoms with Crippen molar-refractivity contribution < 1.29 is 4.79 Å². The number of rotatable bonds is 2. The highest BCUT2D eigenvalue weighted by atomic mass is 16.2. The van der Waals surface area contributed by atoms with Gasteiger partial charge in [0.2, 0.25) is 5.91 Å². The fourth-order valence-corrected chi connectivity index (χ4v) is 2.53. The summed E-state index contributed by atoms with van der Waals surface area (Å²) < 4.78 is 0. The molecule has 1 saturated heterocycles. The number of carbonyl (C=O) groups is 1. The normalized spacial score (nSPS) is 20.3. The first-order chi connectivity index (χ1) is 8.59. The molecule has 1 aliphatic heterocycles. The van der Waals surface area contributed by atoms with E-state index >= 15 is 0 Å². The number of amides is 1. The van der Waals surface area contributed by atoms with E-state index in [1.54, 1.807) is 0 Å². The molecule has 0 radical (unpaired) electrons. The number of para-hydroxylation sites is 1. The molecule has 18 heavy (non-hydrogen) atoms. The Kier molecular flexibility index (Phi) is 3.90. The van der Waals surface area contributed by atoms with Gasteiger partial charge in [-0.05, 0) is 19.1 Å². The van der Waals surface area contributed by atoms with Crippen molar-refractivity contribution in [1.82, 2.24) is 4.90 Å². The average Bonchev–Trinajstić information content (AvgIpc) is 2.38. The van der Waals surface area contributed by atoms with Gasteiger partial charge in [-0.2, -0.15) is 0 Å². The van der Waals surface area contributed by atoms with Crippen LogP contribution in [-0.2, 0) is 4.79 Å². The van der Waals surface area contributed by atoms with E-state index in [0.29, 0.717) is 6.04 Å². The Morgan fingerprint density at radius 1 is 1.22 bits per heavy atom. The Balaban J connectivity index is 2.03. The molecule has 0 N–H and O–H groups in total. The molecule has 1 atom stereocenters. The van der Waals surface area contributed by atoms with Crippen LogP contribution >= 0.6 is 0 Å². The maximum atomic E-state index is 12.0. The first-order valence-corrected chi connectivity index (χ1v) is 6.70. The summed E-state index contributed by atoms with van der Waals surface area (Å²) in [5.41, 5.74) is 1.25. The lowest BCUT2D eigenvalue weighted by molar-refractivity contribution is -0.135. The van der Waals surface area contributed by atoms with Gasteiger partial charge in [0.15, 0.2) is 0 Å². The molecule has 0 aliphatic carbocycles. The number of nitrogens with zero attached hydrogens (tertiary/aromatic N) is 2. The number of benzene rings is 1. The lowest BCUT2D eigenvalue weighted by atomic mass is 10.1. The maximum Gasteiger partial charge on any atom is 0.225 e. The molecule has 3 heteroatoms. The van der Waals surface area contributed by atoms with Crippen LogP contribution in [0.4, 0.5) is 5.69 Å². The summed E-state index contributed by atoms with van der Waals surface area (Å²) in [7, 11) is 0. The van der Waals surface area contributed by atoms with Crippen molar-refractivity contribution in [2.75, 3.05) is 24.5 Å². The molecule has 1 aliphatic rings. The van der Waals surface area contributed by atoms with E-state index in [1.807, 2.05) is 24.8 Å². The minimum atomic E-state index is 0.0977. The molecule has 1 unspecified atom stereocenters. The predicted octanol–water partition coefficient (Wildman–Crippen LogP) is 2.38. The van der Waals surface area contributed by atoms with Crippen molar-refractivity contribution in [3.05, 3.63) is 30.3 Å². The number of piperazine rings is 1. The van der Waals surface area contributed by atoms with Crippen LogP contribution < -0.4 is 4.90 Å². The molecule has 1 heterocycles. The Morgan fingerprint density at radius 2 is 1.89 bits per heavy atom. The van der Waals surface area contributed by atoms with Gasteiger partial charge in [0.05, 0.1) is 0 Å². The molecular weight excluding hydrogens is 224 g/mol. The topological polar surface area (TPSA) is 23.6 Å². The highest BCUT2D eigenvalue weighted by Crippen LogP contribution is 2.20. The quantitative estimate of drug-likeness (QED) is 0.800. The number of carbonyl (C=O) groups excluding carboxylic acids is 1. The predicted molar refractivity (Wildman–Crippen MR) is 74.7 cm³/mol. The molecule has 98 valence electrons. The molecule has 0 aromatic heterocycles. The number of hydrogen-bond donors (Lipinski definition) is 0. The van der Waals surface area contributed by atoms with Crippen LogP contribution in [0.15, 0.2) is 30.3 Å². The van der Waals surface area contributed by atoms with Crippen LogP contribution in [0.2, 0.25) is 0 Å². The summed E-state index contributed by atoms with van der Waals surface area (Å²) in [5, 5.41) is 0. The second kappa shape index (κ2) is 5.42. The molecule has 0 saturated carbocycles. The summed E-state index contributed by atoms with van der Waals surface area (Å²) in [5.74, 6) is 0.370. The number of anilines is 1. The van der Waals surface area contributed by atoms with Crippen molar-refractivity contribution in [2.24, 2.45) is 5.92 Å². The highest BCUT2D eigenvalue weighted by molar-refractivity contribution is 5.78. The monoisotopic (exact) mass is 246 g/mol. The van der Waals surface area contributed by atoms with Gasteiger partial charge in [0, 0.05) is 37.3 Å². The van der Waals surface area contributed by atoms with Gasteiger partial charge < -0.3 is 9.80 Å². The minimum Gasteiger partial charge on any atom is -0.365 e. The standard InChI is InChI=1S/C15H22N2O/c1-12(2)15(18)16-9-10-17(13(3)11-16)14-7-5-4-6-8-14/h4-8,12-13H,9-11H2,1-3H3. The molecule has 2 rings (SSSR count). The van der Waals surface area contributed by atoms with Crippen LogP contribution in [0.1, 0.15) is 20.8 Å². The molecule has 1 amide bonds. The van der Waals surface area contributed by atoms with Crippen molar-refractivity contribution in [1.29, 1.82) is 0 Å². The molecule has 1 fully saturated rings. The van der Waals surface area contributed by atoms with E-state index in [-0.39, 0.29) is 11.8 Å². The van der Waals surface area contributed by atoms with Gasteiger partial charge >= 0.3 is 0 Å². The van der Waals surface area contributed by atoms with Gasteiger partial charge in [-0.1, -0.05) is 32.0 Å². The fourth-order valence-electron chi connectivity index (χ4n) is 2.53. The van der Waals surface area contributed by atoms with Crippen molar-refractivity contribution in [3.8, 4) is 0 Å². The lowest BCUT2D eigenvalue weighted by Crippen LogP contribution is -2.54. The third-order valence-corrected chi connectivity index (χ3v) is 3.52. The van der Waals surface area contributed by atoms with Gasteiger partial charge in [0.25, 0.3) is 0 Å². The van der Waals surface area contributed by atoms with Crippen LogP contribution in [0.3, 0.4) is 0 Å². The Morgan fingerprint density at radius 3 is 2.44 bits per heavy atom. The summed E-state index contributed by atoms with van der Waals surface area (Å²) in [4.78, 5) is 16.4. The second-order valence-electron chi connectivity index (χ2n) is 5.32. The van der Waals surface area contributed by atoms with E-state index < -0.39 is 0 Å². The first-order valence-electron chi connectivity index (χ1n) is 6.70.